The summed E-state index contributed by atoms with van der Waals surface area (Å²) in [6, 6.07) is 10.8. The van der Waals surface area contributed by atoms with Crippen molar-refractivity contribution >= 4 is 0 Å². The van der Waals surface area contributed by atoms with Crippen LogP contribution in [0.3, 0.4) is 0 Å². The molecule has 0 saturated heterocycles. The SMILES string of the molecule is C#CCCC(N)C1(c2ccccc2)CC1. The van der Waals surface area contributed by atoms with E-state index in [0.717, 1.165) is 12.8 Å². The fourth-order valence-corrected chi connectivity index (χ4v) is 2.29. The van der Waals surface area contributed by atoms with Crippen molar-refractivity contribution in [2.45, 2.75) is 37.1 Å². The van der Waals surface area contributed by atoms with Gasteiger partial charge in [0.15, 0.2) is 0 Å². The summed E-state index contributed by atoms with van der Waals surface area (Å²) in [5.74, 6) is 2.67. The summed E-state index contributed by atoms with van der Waals surface area (Å²) in [5, 5.41) is 0. The number of benzene rings is 1. The monoisotopic (exact) mass is 199 g/mol. The normalized spacial score (nSPS) is 19.2. The molecule has 15 heavy (non-hydrogen) atoms. The minimum Gasteiger partial charge on any atom is -0.327 e. The first-order chi connectivity index (χ1) is 7.29. The molecule has 1 aromatic carbocycles. The zero-order valence-corrected chi connectivity index (χ0v) is 8.95. The van der Waals surface area contributed by atoms with Crippen LogP contribution in [0.4, 0.5) is 0 Å². The predicted octanol–water partition coefficient (Wildman–Crippen LogP) is 2.46. The Labute approximate surface area is 91.7 Å². The Balaban J connectivity index is 2.11. The number of rotatable bonds is 4. The Bertz CT molecular complexity index is 357. The van der Waals surface area contributed by atoms with Crippen LogP contribution in [0.1, 0.15) is 31.2 Å². The van der Waals surface area contributed by atoms with E-state index in [1.165, 1.54) is 18.4 Å². The van der Waals surface area contributed by atoms with Gasteiger partial charge in [-0.05, 0) is 24.8 Å². The van der Waals surface area contributed by atoms with Crippen LogP contribution in [0.5, 0.6) is 0 Å². The first-order valence-corrected chi connectivity index (χ1v) is 5.54. The Morgan fingerprint density at radius 1 is 1.33 bits per heavy atom. The first-order valence-electron chi connectivity index (χ1n) is 5.54. The van der Waals surface area contributed by atoms with Crippen LogP contribution in [-0.4, -0.2) is 6.04 Å². The van der Waals surface area contributed by atoms with Gasteiger partial charge < -0.3 is 5.73 Å². The molecule has 1 saturated carbocycles. The average molecular weight is 199 g/mol. The lowest BCUT2D eigenvalue weighted by Crippen LogP contribution is -2.34. The Morgan fingerprint density at radius 2 is 2.00 bits per heavy atom. The van der Waals surface area contributed by atoms with Gasteiger partial charge in [-0.3, -0.25) is 0 Å². The maximum absolute atomic E-state index is 6.24. The predicted molar refractivity (Wildman–Crippen MR) is 63.4 cm³/mol. The summed E-state index contributed by atoms with van der Waals surface area (Å²) in [7, 11) is 0. The van der Waals surface area contributed by atoms with Crippen LogP contribution in [-0.2, 0) is 5.41 Å². The van der Waals surface area contributed by atoms with E-state index in [0.29, 0.717) is 0 Å². The molecule has 2 rings (SSSR count). The molecule has 2 N–H and O–H groups in total. The molecule has 1 atom stereocenters. The maximum atomic E-state index is 6.24. The standard InChI is InChI=1S/C14H17N/c1-2-3-9-13(15)14(10-11-14)12-7-5-4-6-8-12/h1,4-8,13H,3,9-11,15H2. The molecule has 0 bridgehead atoms. The van der Waals surface area contributed by atoms with Crippen LogP contribution in [0.2, 0.25) is 0 Å². The number of terminal acetylenes is 1. The van der Waals surface area contributed by atoms with Gasteiger partial charge in [-0.2, -0.15) is 0 Å². The van der Waals surface area contributed by atoms with E-state index in [1.807, 2.05) is 6.07 Å². The molecule has 1 aliphatic rings. The second-order valence-corrected chi connectivity index (χ2v) is 4.37. The molecule has 1 aromatic rings. The van der Waals surface area contributed by atoms with Gasteiger partial charge in [-0.25, -0.2) is 0 Å². The average Bonchev–Trinajstić information content (AvgIpc) is 3.08. The van der Waals surface area contributed by atoms with Gasteiger partial charge in [0.05, 0.1) is 0 Å². The third-order valence-corrected chi connectivity index (χ3v) is 3.45. The Hall–Kier alpha value is -1.26. The number of hydrogen-bond acceptors (Lipinski definition) is 1. The van der Waals surface area contributed by atoms with E-state index in [1.54, 1.807) is 0 Å². The van der Waals surface area contributed by atoms with E-state index in [4.69, 9.17) is 12.2 Å². The highest BCUT2D eigenvalue weighted by atomic mass is 14.7. The minimum atomic E-state index is 0.218. The lowest BCUT2D eigenvalue weighted by atomic mass is 9.86. The highest BCUT2D eigenvalue weighted by Crippen LogP contribution is 2.51. The van der Waals surface area contributed by atoms with Crippen LogP contribution in [0, 0.1) is 12.3 Å². The molecule has 0 heterocycles. The minimum absolute atomic E-state index is 0.218. The van der Waals surface area contributed by atoms with Gasteiger partial charge in [-0.1, -0.05) is 30.3 Å². The zero-order valence-electron chi connectivity index (χ0n) is 8.95. The molecule has 1 fully saturated rings. The molecule has 78 valence electrons. The summed E-state index contributed by atoms with van der Waals surface area (Å²) in [4.78, 5) is 0. The number of hydrogen-bond donors (Lipinski definition) is 1. The molecular weight excluding hydrogens is 182 g/mol. The Kier molecular flexibility index (Phi) is 2.79. The molecule has 0 radical (unpaired) electrons. The number of nitrogens with two attached hydrogens (primary N) is 1. The van der Waals surface area contributed by atoms with E-state index in [2.05, 4.69) is 30.2 Å². The highest BCUT2D eigenvalue weighted by Gasteiger charge is 2.48. The fourth-order valence-electron chi connectivity index (χ4n) is 2.29. The van der Waals surface area contributed by atoms with E-state index in [-0.39, 0.29) is 11.5 Å². The van der Waals surface area contributed by atoms with Crippen molar-refractivity contribution in [3.05, 3.63) is 35.9 Å². The van der Waals surface area contributed by atoms with Crippen molar-refractivity contribution in [1.82, 2.24) is 0 Å². The summed E-state index contributed by atoms with van der Waals surface area (Å²) >= 11 is 0. The lowest BCUT2D eigenvalue weighted by molar-refractivity contribution is 0.491. The second kappa shape index (κ2) is 4.08. The molecule has 0 spiro atoms. The third kappa shape index (κ3) is 1.91. The summed E-state index contributed by atoms with van der Waals surface area (Å²) in [5.41, 5.74) is 7.85. The van der Waals surface area contributed by atoms with Crippen molar-refractivity contribution < 1.29 is 0 Å². The molecular formula is C14H17N. The molecule has 1 aliphatic carbocycles. The van der Waals surface area contributed by atoms with Crippen molar-refractivity contribution in [1.29, 1.82) is 0 Å². The molecule has 1 heteroatoms. The van der Waals surface area contributed by atoms with E-state index < -0.39 is 0 Å². The third-order valence-electron chi connectivity index (χ3n) is 3.45. The van der Waals surface area contributed by atoms with E-state index >= 15 is 0 Å². The molecule has 0 aliphatic heterocycles. The van der Waals surface area contributed by atoms with Crippen LogP contribution < -0.4 is 5.73 Å². The topological polar surface area (TPSA) is 26.0 Å². The van der Waals surface area contributed by atoms with Gasteiger partial charge in [0.2, 0.25) is 0 Å². The molecule has 1 unspecified atom stereocenters. The van der Waals surface area contributed by atoms with Crippen LogP contribution in [0.25, 0.3) is 0 Å². The molecule has 0 aromatic heterocycles. The van der Waals surface area contributed by atoms with Gasteiger partial charge in [0, 0.05) is 17.9 Å². The van der Waals surface area contributed by atoms with Crippen LogP contribution >= 0.6 is 0 Å². The quantitative estimate of drug-likeness (QED) is 0.741. The highest BCUT2D eigenvalue weighted by molar-refractivity contribution is 5.33. The lowest BCUT2D eigenvalue weighted by Gasteiger charge is -2.23. The maximum Gasteiger partial charge on any atom is 0.0145 e. The summed E-state index contributed by atoms with van der Waals surface area (Å²) < 4.78 is 0. The zero-order chi connectivity index (χ0) is 10.7. The van der Waals surface area contributed by atoms with Crippen molar-refractivity contribution in [3.63, 3.8) is 0 Å². The summed E-state index contributed by atoms with van der Waals surface area (Å²) in [6.07, 6.45) is 9.42. The van der Waals surface area contributed by atoms with E-state index in [9.17, 15) is 0 Å². The first kappa shape index (κ1) is 10.3. The van der Waals surface area contributed by atoms with Crippen molar-refractivity contribution in [2.75, 3.05) is 0 Å². The van der Waals surface area contributed by atoms with Crippen molar-refractivity contribution in [3.8, 4) is 12.3 Å². The molecule has 0 amide bonds. The second-order valence-electron chi connectivity index (χ2n) is 4.37. The summed E-state index contributed by atoms with van der Waals surface area (Å²) in [6.45, 7) is 0. The van der Waals surface area contributed by atoms with Gasteiger partial charge >= 0.3 is 0 Å². The largest absolute Gasteiger partial charge is 0.327 e. The van der Waals surface area contributed by atoms with Gasteiger partial charge in [0.25, 0.3) is 0 Å². The fraction of sp³-hybridized carbons (Fsp3) is 0.429. The van der Waals surface area contributed by atoms with Crippen LogP contribution in [0.15, 0.2) is 30.3 Å². The smallest absolute Gasteiger partial charge is 0.0145 e. The van der Waals surface area contributed by atoms with Crippen molar-refractivity contribution in [2.24, 2.45) is 5.73 Å². The molecule has 1 nitrogen and oxygen atoms in total. The Morgan fingerprint density at radius 3 is 2.53 bits per heavy atom. The van der Waals surface area contributed by atoms with Gasteiger partial charge in [0.1, 0.15) is 0 Å². The van der Waals surface area contributed by atoms with Gasteiger partial charge in [-0.15, -0.1) is 12.3 Å².